The molecule has 0 radical (unpaired) electrons. The van der Waals surface area contributed by atoms with E-state index in [0.29, 0.717) is 5.69 Å². The number of benzene rings is 1. The van der Waals surface area contributed by atoms with E-state index < -0.39 is 10.0 Å². The Kier molecular flexibility index (Phi) is 5.34. The maximum absolute atomic E-state index is 11.3. The lowest BCUT2D eigenvalue weighted by molar-refractivity contribution is 0.417. The largest absolute Gasteiger partial charge is 0.495 e. The van der Waals surface area contributed by atoms with Crippen LogP contribution in [0.5, 0.6) is 5.75 Å². The van der Waals surface area contributed by atoms with E-state index in [0.717, 1.165) is 6.26 Å². The van der Waals surface area contributed by atoms with Crippen LogP contribution in [0.3, 0.4) is 0 Å². The van der Waals surface area contributed by atoms with E-state index in [2.05, 4.69) is 10.0 Å². The Morgan fingerprint density at radius 1 is 1.18 bits per heavy atom. The molecule has 0 aromatic heterocycles. The summed E-state index contributed by atoms with van der Waals surface area (Å²) < 4.78 is 29.9. The number of allylic oxidation sites excluding steroid dienone is 2. The summed E-state index contributed by atoms with van der Waals surface area (Å²) in [5.74, 6) is 0.277. The van der Waals surface area contributed by atoms with E-state index in [4.69, 9.17) is 20.5 Å². The van der Waals surface area contributed by atoms with Gasteiger partial charge in [0, 0.05) is 5.69 Å². The highest BCUT2D eigenvalue weighted by molar-refractivity contribution is 7.92. The molecule has 0 aliphatic heterocycles. The molecule has 8 nitrogen and oxygen atoms in total. The smallest absolute Gasteiger partial charge is 0.229 e. The molecule has 0 saturated heterocycles. The summed E-state index contributed by atoms with van der Waals surface area (Å²) in [6.45, 7) is 0. The highest BCUT2D eigenvalue weighted by Crippen LogP contribution is 2.29. The molecule has 0 heterocycles. The molecule has 0 aliphatic carbocycles. The first-order chi connectivity index (χ1) is 10.3. The first-order valence-electron chi connectivity index (χ1n) is 5.72. The highest BCUT2D eigenvalue weighted by Gasteiger charge is 2.11. The standard InChI is InChI=1S/C13H11N5O3S/c1-21-13-4-3-10(5-11(13)18-22(2,19)20)17-12(8-16)9(6-14)7-15/h3-5,17-18H,1-2H3. The fourth-order valence-corrected chi connectivity index (χ4v) is 2.05. The summed E-state index contributed by atoms with van der Waals surface area (Å²) in [7, 11) is -2.15. The molecular weight excluding hydrogens is 306 g/mol. The predicted molar refractivity (Wildman–Crippen MR) is 78.9 cm³/mol. The summed E-state index contributed by atoms with van der Waals surface area (Å²) in [5, 5.41) is 29.1. The number of nitrogens with one attached hydrogen (secondary N) is 2. The van der Waals surface area contributed by atoms with Crippen LogP contribution in [0.4, 0.5) is 11.4 Å². The van der Waals surface area contributed by atoms with Gasteiger partial charge < -0.3 is 10.1 Å². The molecular formula is C13H11N5O3S. The lowest BCUT2D eigenvalue weighted by Gasteiger charge is -2.12. The van der Waals surface area contributed by atoms with Gasteiger partial charge in [0.05, 0.1) is 19.1 Å². The molecule has 0 fully saturated rings. The van der Waals surface area contributed by atoms with Crippen molar-refractivity contribution in [2.24, 2.45) is 0 Å². The third kappa shape index (κ3) is 4.41. The van der Waals surface area contributed by atoms with Gasteiger partial charge in [0.1, 0.15) is 29.7 Å². The second-order valence-electron chi connectivity index (χ2n) is 4.00. The number of nitrogens with zero attached hydrogens (tertiary/aromatic N) is 3. The zero-order valence-electron chi connectivity index (χ0n) is 11.7. The fourth-order valence-electron chi connectivity index (χ4n) is 1.49. The van der Waals surface area contributed by atoms with Crippen molar-refractivity contribution < 1.29 is 13.2 Å². The van der Waals surface area contributed by atoms with E-state index >= 15 is 0 Å². The van der Waals surface area contributed by atoms with Gasteiger partial charge in [-0.2, -0.15) is 15.8 Å². The lowest BCUT2D eigenvalue weighted by atomic mass is 10.2. The van der Waals surface area contributed by atoms with Crippen molar-refractivity contribution in [1.29, 1.82) is 15.8 Å². The van der Waals surface area contributed by atoms with Crippen molar-refractivity contribution >= 4 is 21.4 Å². The van der Waals surface area contributed by atoms with Crippen molar-refractivity contribution in [1.82, 2.24) is 0 Å². The molecule has 1 aromatic rings. The summed E-state index contributed by atoms with van der Waals surface area (Å²) in [4.78, 5) is 0. The van der Waals surface area contributed by atoms with Crippen LogP contribution in [0, 0.1) is 34.0 Å². The predicted octanol–water partition coefficient (Wildman–Crippen LogP) is 1.30. The molecule has 0 atom stereocenters. The SMILES string of the molecule is COc1ccc(NC(C#N)=C(C#N)C#N)cc1NS(C)(=O)=O. The number of nitriles is 3. The minimum Gasteiger partial charge on any atom is -0.495 e. The topological polar surface area (TPSA) is 139 Å². The molecule has 0 saturated carbocycles. The van der Waals surface area contributed by atoms with Crippen molar-refractivity contribution in [2.75, 3.05) is 23.4 Å². The minimum atomic E-state index is -3.53. The number of anilines is 2. The summed E-state index contributed by atoms with van der Waals surface area (Å²) in [6, 6.07) is 9.26. The van der Waals surface area contributed by atoms with E-state index in [1.165, 1.54) is 25.3 Å². The molecule has 0 amide bonds. The van der Waals surface area contributed by atoms with Gasteiger partial charge in [0.15, 0.2) is 5.57 Å². The molecule has 22 heavy (non-hydrogen) atoms. The van der Waals surface area contributed by atoms with Gasteiger partial charge in [-0.05, 0) is 18.2 Å². The first-order valence-corrected chi connectivity index (χ1v) is 7.61. The van der Waals surface area contributed by atoms with E-state index in [-0.39, 0.29) is 22.7 Å². The van der Waals surface area contributed by atoms with Crippen LogP contribution in [0.2, 0.25) is 0 Å². The van der Waals surface area contributed by atoms with Crippen LogP contribution in [-0.2, 0) is 10.0 Å². The molecule has 0 aliphatic rings. The second kappa shape index (κ2) is 6.98. The normalized spacial score (nSPS) is 9.59. The van der Waals surface area contributed by atoms with Crippen molar-refractivity contribution in [2.45, 2.75) is 0 Å². The van der Waals surface area contributed by atoms with Crippen LogP contribution in [0.15, 0.2) is 29.5 Å². The van der Waals surface area contributed by atoms with Crippen LogP contribution in [0.25, 0.3) is 0 Å². The third-order valence-corrected chi connectivity index (χ3v) is 2.94. The van der Waals surface area contributed by atoms with Gasteiger partial charge in [-0.1, -0.05) is 0 Å². The Balaban J connectivity index is 3.27. The Morgan fingerprint density at radius 3 is 2.27 bits per heavy atom. The number of methoxy groups -OCH3 is 1. The molecule has 1 rings (SSSR count). The van der Waals surface area contributed by atoms with Crippen LogP contribution in [-0.4, -0.2) is 21.8 Å². The first kappa shape index (κ1) is 16.8. The number of ether oxygens (including phenoxy) is 1. The van der Waals surface area contributed by atoms with Crippen LogP contribution >= 0.6 is 0 Å². The Hall–Kier alpha value is -3.22. The Morgan fingerprint density at radius 2 is 1.82 bits per heavy atom. The van der Waals surface area contributed by atoms with Gasteiger partial charge >= 0.3 is 0 Å². The van der Waals surface area contributed by atoms with Crippen molar-refractivity contribution in [3.8, 4) is 24.0 Å². The average Bonchev–Trinajstić information content (AvgIpc) is 2.46. The quantitative estimate of drug-likeness (QED) is 0.780. The van der Waals surface area contributed by atoms with Gasteiger partial charge in [-0.3, -0.25) is 4.72 Å². The lowest BCUT2D eigenvalue weighted by Crippen LogP contribution is -2.11. The number of hydrogen-bond acceptors (Lipinski definition) is 7. The van der Waals surface area contributed by atoms with Crippen molar-refractivity contribution in [3.63, 3.8) is 0 Å². The third-order valence-electron chi connectivity index (χ3n) is 2.35. The number of sulfonamides is 1. The Bertz CT molecular complexity index is 822. The molecule has 112 valence electrons. The summed E-state index contributed by atoms with van der Waals surface area (Å²) >= 11 is 0. The molecule has 0 unspecified atom stereocenters. The average molecular weight is 317 g/mol. The summed E-state index contributed by atoms with van der Waals surface area (Å²) in [5.41, 5.74) is -0.148. The molecule has 1 aromatic carbocycles. The zero-order valence-corrected chi connectivity index (χ0v) is 12.5. The second-order valence-corrected chi connectivity index (χ2v) is 5.75. The summed E-state index contributed by atoms with van der Waals surface area (Å²) in [6.07, 6.45) is 0.983. The molecule has 0 spiro atoms. The maximum Gasteiger partial charge on any atom is 0.229 e. The highest BCUT2D eigenvalue weighted by atomic mass is 32.2. The number of hydrogen-bond donors (Lipinski definition) is 2. The van der Waals surface area contributed by atoms with Gasteiger partial charge in [0.2, 0.25) is 10.0 Å². The molecule has 2 N–H and O–H groups in total. The number of rotatable bonds is 5. The van der Waals surface area contributed by atoms with Crippen molar-refractivity contribution in [3.05, 3.63) is 29.5 Å². The van der Waals surface area contributed by atoms with Crippen LogP contribution < -0.4 is 14.8 Å². The van der Waals surface area contributed by atoms with Crippen LogP contribution in [0.1, 0.15) is 0 Å². The van der Waals surface area contributed by atoms with Gasteiger partial charge in [-0.15, -0.1) is 0 Å². The van der Waals surface area contributed by atoms with E-state index in [9.17, 15) is 8.42 Å². The Labute approximate surface area is 127 Å². The fraction of sp³-hybridized carbons (Fsp3) is 0.154. The monoisotopic (exact) mass is 317 g/mol. The van der Waals surface area contributed by atoms with E-state index in [1.807, 2.05) is 0 Å². The molecule has 9 heteroatoms. The molecule has 0 bridgehead atoms. The zero-order chi connectivity index (χ0) is 16.8. The van der Waals surface area contributed by atoms with E-state index in [1.54, 1.807) is 18.2 Å². The van der Waals surface area contributed by atoms with Gasteiger partial charge in [-0.25, -0.2) is 8.42 Å². The van der Waals surface area contributed by atoms with Gasteiger partial charge in [0.25, 0.3) is 0 Å². The maximum atomic E-state index is 11.3. The minimum absolute atomic E-state index is 0.155.